The highest BCUT2D eigenvalue weighted by Crippen LogP contribution is 2.34. The number of aromatic nitrogens is 2. The van der Waals surface area contributed by atoms with Gasteiger partial charge in [-0.1, -0.05) is 18.2 Å². The lowest BCUT2D eigenvalue weighted by molar-refractivity contribution is -0.139. The monoisotopic (exact) mass is 539 g/mol. The maximum atomic E-state index is 13.6. The first-order chi connectivity index (χ1) is 19.2. The van der Waals surface area contributed by atoms with E-state index in [2.05, 4.69) is 16.0 Å². The number of fused-ring (bicyclic) bond motifs is 1. The van der Waals surface area contributed by atoms with Gasteiger partial charge in [-0.3, -0.25) is 24.3 Å². The van der Waals surface area contributed by atoms with Gasteiger partial charge in [0.05, 0.1) is 11.1 Å². The SMILES string of the molecule is CCN1C(=O)C(C)(C)CN(C)C2=C1C(=O)CC(CN(CCn1ccc3ccccc3c1=O)Cc1ccncc1)=C2. The molecule has 1 amide bonds. The van der Waals surface area contributed by atoms with Crippen molar-refractivity contribution in [3.8, 4) is 0 Å². The van der Waals surface area contributed by atoms with Crippen LogP contribution in [0.15, 0.2) is 88.9 Å². The minimum atomic E-state index is -0.600. The van der Waals surface area contributed by atoms with Gasteiger partial charge in [0.15, 0.2) is 5.78 Å². The number of allylic oxidation sites excluding steroid dienone is 2. The molecule has 3 aromatic rings. The number of hydrogen-bond acceptors (Lipinski definition) is 6. The van der Waals surface area contributed by atoms with Gasteiger partial charge in [-0.2, -0.15) is 0 Å². The van der Waals surface area contributed by atoms with E-state index in [9.17, 15) is 14.4 Å². The molecular formula is C32H37N5O3. The summed E-state index contributed by atoms with van der Waals surface area (Å²) in [5.74, 6) is -0.0425. The summed E-state index contributed by atoms with van der Waals surface area (Å²) >= 11 is 0. The Hall–Kier alpha value is -4.04. The molecule has 0 unspecified atom stereocenters. The predicted octanol–water partition coefficient (Wildman–Crippen LogP) is 3.83. The van der Waals surface area contributed by atoms with E-state index >= 15 is 0 Å². The Kier molecular flexibility index (Phi) is 7.72. The van der Waals surface area contributed by atoms with Crippen LogP contribution in [0.2, 0.25) is 0 Å². The van der Waals surface area contributed by atoms with Crippen LogP contribution in [0.5, 0.6) is 0 Å². The molecule has 8 nitrogen and oxygen atoms in total. The summed E-state index contributed by atoms with van der Waals surface area (Å²) in [5, 5.41) is 1.64. The summed E-state index contributed by atoms with van der Waals surface area (Å²) in [7, 11) is 1.96. The van der Waals surface area contributed by atoms with Gasteiger partial charge < -0.3 is 14.4 Å². The minimum absolute atomic E-state index is 0.00385. The van der Waals surface area contributed by atoms with E-state index in [1.165, 1.54) is 0 Å². The molecule has 0 saturated heterocycles. The second kappa shape index (κ2) is 11.2. The summed E-state index contributed by atoms with van der Waals surface area (Å²) in [6.07, 6.45) is 7.77. The van der Waals surface area contributed by atoms with Crippen LogP contribution in [0.4, 0.5) is 0 Å². The molecule has 0 saturated carbocycles. The van der Waals surface area contributed by atoms with Crippen LogP contribution < -0.4 is 5.56 Å². The van der Waals surface area contributed by atoms with Crippen molar-refractivity contribution in [1.29, 1.82) is 0 Å². The number of carbonyl (C=O) groups excluding carboxylic acids is 2. The van der Waals surface area contributed by atoms with Crippen LogP contribution in [-0.4, -0.2) is 69.2 Å². The first-order valence-electron chi connectivity index (χ1n) is 13.9. The number of ketones is 1. The molecule has 0 radical (unpaired) electrons. The largest absolute Gasteiger partial charge is 0.372 e. The lowest BCUT2D eigenvalue weighted by Gasteiger charge is -2.31. The summed E-state index contributed by atoms with van der Waals surface area (Å²) in [5.41, 5.74) is 2.82. The number of carbonyl (C=O) groups is 2. The van der Waals surface area contributed by atoms with Crippen LogP contribution >= 0.6 is 0 Å². The number of nitrogens with zero attached hydrogens (tertiary/aromatic N) is 5. The Labute approximate surface area is 235 Å². The molecule has 40 heavy (non-hydrogen) atoms. The van der Waals surface area contributed by atoms with Crippen LogP contribution in [-0.2, 0) is 22.7 Å². The topological polar surface area (TPSA) is 78.8 Å². The third kappa shape index (κ3) is 5.49. The van der Waals surface area contributed by atoms with Gasteiger partial charge in [0.1, 0.15) is 5.70 Å². The zero-order valence-corrected chi connectivity index (χ0v) is 23.8. The molecular weight excluding hydrogens is 502 g/mol. The van der Waals surface area contributed by atoms with Crippen LogP contribution in [0.1, 0.15) is 32.8 Å². The number of rotatable bonds is 8. The van der Waals surface area contributed by atoms with Crippen molar-refractivity contribution in [3.63, 3.8) is 0 Å². The summed E-state index contributed by atoms with van der Waals surface area (Å²) < 4.78 is 1.76. The second-order valence-electron chi connectivity index (χ2n) is 11.4. The Morgan fingerprint density at radius 3 is 2.50 bits per heavy atom. The van der Waals surface area contributed by atoms with Gasteiger partial charge in [-0.15, -0.1) is 0 Å². The van der Waals surface area contributed by atoms with Gasteiger partial charge in [0.2, 0.25) is 5.91 Å². The van der Waals surface area contributed by atoms with E-state index in [1.807, 2.05) is 81.4 Å². The zero-order valence-electron chi connectivity index (χ0n) is 23.8. The Balaban J connectivity index is 1.43. The molecule has 0 bridgehead atoms. The smallest absolute Gasteiger partial charge is 0.258 e. The van der Waals surface area contributed by atoms with Crippen molar-refractivity contribution in [2.75, 3.05) is 33.2 Å². The van der Waals surface area contributed by atoms with E-state index in [0.717, 1.165) is 22.2 Å². The highest BCUT2D eigenvalue weighted by atomic mass is 16.2. The van der Waals surface area contributed by atoms with Crippen molar-refractivity contribution in [2.45, 2.75) is 40.3 Å². The molecule has 1 aliphatic heterocycles. The maximum Gasteiger partial charge on any atom is 0.258 e. The number of Topliss-reactive ketones (excluding diaryl/α,β-unsaturated/α-hetero) is 1. The van der Waals surface area contributed by atoms with E-state index < -0.39 is 5.41 Å². The van der Waals surface area contributed by atoms with E-state index in [-0.39, 0.29) is 23.7 Å². The second-order valence-corrected chi connectivity index (χ2v) is 11.4. The van der Waals surface area contributed by atoms with E-state index in [0.29, 0.717) is 50.4 Å². The average Bonchev–Trinajstić information content (AvgIpc) is 3.00. The minimum Gasteiger partial charge on any atom is -0.372 e. The summed E-state index contributed by atoms with van der Waals surface area (Å²) in [6.45, 7) is 9.16. The first-order valence-corrected chi connectivity index (χ1v) is 13.9. The van der Waals surface area contributed by atoms with Gasteiger partial charge >= 0.3 is 0 Å². The molecule has 2 aliphatic rings. The standard InChI is InChI=1S/C32H37N5O3/c1-5-37-29-27(34(4)22-32(2,3)31(37)40)18-24(19-28(29)38)21-35(20-23-10-13-33-14-11-23)16-17-36-15-12-25-8-6-7-9-26(25)30(36)39/h6-15,18H,5,16-17,19-22H2,1-4H3. The molecule has 1 aliphatic carbocycles. The van der Waals surface area contributed by atoms with Crippen molar-refractivity contribution in [2.24, 2.45) is 5.41 Å². The fraction of sp³-hybridized carbons (Fsp3) is 0.375. The van der Waals surface area contributed by atoms with Crippen molar-refractivity contribution >= 4 is 22.5 Å². The first kappa shape index (κ1) is 27.5. The van der Waals surface area contributed by atoms with Crippen LogP contribution in [0.25, 0.3) is 10.8 Å². The Morgan fingerprint density at radius 2 is 1.75 bits per heavy atom. The van der Waals surface area contributed by atoms with Gasteiger partial charge in [0, 0.05) is 76.7 Å². The molecule has 3 heterocycles. The fourth-order valence-corrected chi connectivity index (χ4v) is 5.84. The maximum absolute atomic E-state index is 13.6. The normalized spacial score (nSPS) is 17.4. The third-order valence-corrected chi connectivity index (χ3v) is 7.81. The quantitative estimate of drug-likeness (QED) is 0.433. The fourth-order valence-electron chi connectivity index (χ4n) is 5.84. The number of benzene rings is 1. The van der Waals surface area contributed by atoms with Crippen molar-refractivity contribution < 1.29 is 9.59 Å². The van der Waals surface area contributed by atoms with E-state index in [4.69, 9.17) is 0 Å². The number of pyridine rings is 2. The Bertz CT molecular complexity index is 1550. The van der Waals surface area contributed by atoms with Gasteiger partial charge in [0.25, 0.3) is 5.56 Å². The summed E-state index contributed by atoms with van der Waals surface area (Å²) in [6, 6.07) is 13.6. The average molecular weight is 540 g/mol. The lowest BCUT2D eigenvalue weighted by atomic mass is 9.91. The van der Waals surface area contributed by atoms with Crippen molar-refractivity contribution in [1.82, 2.24) is 24.3 Å². The molecule has 0 spiro atoms. The molecule has 0 N–H and O–H groups in total. The number of hydrogen-bond donors (Lipinski definition) is 0. The molecule has 8 heteroatoms. The highest BCUT2D eigenvalue weighted by molar-refractivity contribution is 6.03. The lowest BCUT2D eigenvalue weighted by Crippen LogP contribution is -2.43. The Morgan fingerprint density at radius 1 is 1.00 bits per heavy atom. The van der Waals surface area contributed by atoms with Gasteiger partial charge in [-0.05, 0) is 67.6 Å². The number of amides is 1. The molecule has 0 fully saturated rings. The number of likely N-dealkylation sites (N-methyl/N-ethyl adjacent to an activating group) is 2. The van der Waals surface area contributed by atoms with Crippen LogP contribution in [0, 0.1) is 5.41 Å². The molecule has 5 rings (SSSR count). The van der Waals surface area contributed by atoms with E-state index in [1.54, 1.807) is 21.9 Å². The molecule has 208 valence electrons. The summed E-state index contributed by atoms with van der Waals surface area (Å²) in [4.78, 5) is 50.1. The van der Waals surface area contributed by atoms with Crippen LogP contribution in [0.3, 0.4) is 0 Å². The molecule has 1 aromatic carbocycles. The zero-order chi connectivity index (χ0) is 28.4. The predicted molar refractivity (Wildman–Crippen MR) is 156 cm³/mol. The molecule has 2 aromatic heterocycles. The molecule has 0 atom stereocenters. The third-order valence-electron chi connectivity index (χ3n) is 7.81. The highest BCUT2D eigenvalue weighted by Gasteiger charge is 2.41. The van der Waals surface area contributed by atoms with Gasteiger partial charge in [-0.25, -0.2) is 0 Å². The van der Waals surface area contributed by atoms with Crippen molar-refractivity contribution in [3.05, 3.63) is 100 Å².